The second kappa shape index (κ2) is 7.39. The quantitative estimate of drug-likeness (QED) is 0.744. The molecular weight excluding hydrogens is 332 g/mol. The van der Waals surface area contributed by atoms with E-state index in [1.54, 1.807) is 18.2 Å². The van der Waals surface area contributed by atoms with Crippen molar-refractivity contribution in [1.82, 2.24) is 5.32 Å². The third-order valence-corrected chi connectivity index (χ3v) is 4.39. The first-order valence-corrected chi connectivity index (χ1v) is 8.47. The number of aryl methyl sites for hydroxylation is 1. The highest BCUT2D eigenvalue weighted by atomic mass is 16.4. The van der Waals surface area contributed by atoms with Crippen LogP contribution in [0.5, 0.6) is 0 Å². The highest BCUT2D eigenvalue weighted by Crippen LogP contribution is 2.27. The number of carboxylic acids is 1. The van der Waals surface area contributed by atoms with Crippen LogP contribution in [0.15, 0.2) is 42.5 Å². The molecule has 3 N–H and O–H groups in total. The minimum absolute atomic E-state index is 0.118. The zero-order valence-corrected chi connectivity index (χ0v) is 14.4. The van der Waals surface area contributed by atoms with Crippen molar-refractivity contribution in [3.8, 4) is 0 Å². The molecular formula is C20H20N2O4. The zero-order valence-electron chi connectivity index (χ0n) is 14.4. The highest BCUT2D eigenvalue weighted by molar-refractivity contribution is 6.06. The SMILES string of the molecule is Cc1ccc(C(=O)NCC2CC2)cc1NC(=O)c1ccc(C(=O)O)cc1. The van der Waals surface area contributed by atoms with E-state index in [2.05, 4.69) is 10.6 Å². The Morgan fingerprint density at radius 2 is 1.58 bits per heavy atom. The average Bonchev–Trinajstić information content (AvgIpc) is 3.46. The van der Waals surface area contributed by atoms with Gasteiger partial charge in [0.25, 0.3) is 11.8 Å². The van der Waals surface area contributed by atoms with Crippen LogP contribution < -0.4 is 10.6 Å². The van der Waals surface area contributed by atoms with Gasteiger partial charge < -0.3 is 15.7 Å². The zero-order chi connectivity index (χ0) is 18.7. The Bertz CT molecular complexity index is 855. The number of carbonyl (C=O) groups is 3. The van der Waals surface area contributed by atoms with Gasteiger partial charge in [0.1, 0.15) is 0 Å². The molecule has 134 valence electrons. The normalized spacial score (nSPS) is 13.1. The number of carboxylic acid groups (broad SMARTS) is 1. The van der Waals surface area contributed by atoms with Gasteiger partial charge >= 0.3 is 5.97 Å². The Morgan fingerprint density at radius 1 is 0.962 bits per heavy atom. The van der Waals surface area contributed by atoms with Crippen LogP contribution in [0.1, 0.15) is 49.5 Å². The Labute approximate surface area is 151 Å². The van der Waals surface area contributed by atoms with E-state index >= 15 is 0 Å². The number of aromatic carboxylic acids is 1. The molecule has 1 aliphatic rings. The molecule has 0 spiro atoms. The summed E-state index contributed by atoms with van der Waals surface area (Å²) in [7, 11) is 0. The first kappa shape index (κ1) is 17.7. The summed E-state index contributed by atoms with van der Waals surface area (Å²) >= 11 is 0. The molecule has 0 saturated heterocycles. The van der Waals surface area contributed by atoms with Gasteiger partial charge in [-0.15, -0.1) is 0 Å². The summed E-state index contributed by atoms with van der Waals surface area (Å²) in [5.74, 6) is -0.964. The van der Waals surface area contributed by atoms with Crippen LogP contribution in [0.2, 0.25) is 0 Å². The van der Waals surface area contributed by atoms with E-state index < -0.39 is 5.97 Å². The van der Waals surface area contributed by atoms with Crippen LogP contribution in [-0.4, -0.2) is 29.4 Å². The molecule has 0 unspecified atom stereocenters. The van der Waals surface area contributed by atoms with E-state index in [0.717, 1.165) is 18.4 Å². The third kappa shape index (κ3) is 4.27. The molecule has 3 rings (SSSR count). The maximum atomic E-state index is 12.4. The smallest absolute Gasteiger partial charge is 0.335 e. The first-order chi connectivity index (χ1) is 12.4. The topological polar surface area (TPSA) is 95.5 Å². The van der Waals surface area contributed by atoms with Crippen LogP contribution in [-0.2, 0) is 0 Å². The van der Waals surface area contributed by atoms with E-state index in [1.165, 1.54) is 24.3 Å². The predicted molar refractivity (Wildman–Crippen MR) is 97.6 cm³/mol. The number of rotatable bonds is 6. The standard InChI is InChI=1S/C20H20N2O4/c1-12-2-5-16(18(23)21-11-13-3-4-13)10-17(12)22-19(24)14-6-8-15(9-7-14)20(25)26/h2,5-10,13H,3-4,11H2,1H3,(H,21,23)(H,22,24)(H,25,26). The minimum atomic E-state index is -1.04. The Morgan fingerprint density at radius 3 is 2.19 bits per heavy atom. The first-order valence-electron chi connectivity index (χ1n) is 8.47. The molecule has 0 heterocycles. The van der Waals surface area contributed by atoms with Crippen molar-refractivity contribution in [2.75, 3.05) is 11.9 Å². The lowest BCUT2D eigenvalue weighted by atomic mass is 10.1. The summed E-state index contributed by atoms with van der Waals surface area (Å²) in [5, 5.41) is 14.6. The fraction of sp³-hybridized carbons (Fsp3) is 0.250. The summed E-state index contributed by atoms with van der Waals surface area (Å²) in [6.07, 6.45) is 2.33. The van der Waals surface area contributed by atoms with Gasteiger partial charge in [0.15, 0.2) is 0 Å². The maximum absolute atomic E-state index is 12.4. The molecule has 2 aromatic carbocycles. The van der Waals surface area contributed by atoms with Gasteiger partial charge in [0.2, 0.25) is 0 Å². The molecule has 0 aromatic heterocycles. The van der Waals surface area contributed by atoms with Gasteiger partial charge in [-0.25, -0.2) is 4.79 Å². The number of anilines is 1. The predicted octanol–water partition coefficient (Wildman–Crippen LogP) is 3.09. The van der Waals surface area contributed by atoms with Crippen molar-refractivity contribution in [2.24, 2.45) is 5.92 Å². The van der Waals surface area contributed by atoms with E-state index in [9.17, 15) is 14.4 Å². The Kier molecular flexibility index (Phi) is 5.02. The minimum Gasteiger partial charge on any atom is -0.478 e. The second-order valence-electron chi connectivity index (χ2n) is 6.52. The molecule has 0 radical (unpaired) electrons. The molecule has 6 heteroatoms. The van der Waals surface area contributed by atoms with E-state index in [1.807, 2.05) is 6.92 Å². The maximum Gasteiger partial charge on any atom is 0.335 e. The average molecular weight is 352 g/mol. The summed E-state index contributed by atoms with van der Waals surface area (Å²) in [5.41, 5.74) is 2.34. The van der Waals surface area contributed by atoms with Gasteiger partial charge in [-0.05, 0) is 67.6 Å². The van der Waals surface area contributed by atoms with Crippen LogP contribution in [0.4, 0.5) is 5.69 Å². The lowest BCUT2D eigenvalue weighted by Gasteiger charge is -2.11. The Hall–Kier alpha value is -3.15. The number of hydrogen-bond acceptors (Lipinski definition) is 3. The summed E-state index contributed by atoms with van der Waals surface area (Å²) in [4.78, 5) is 35.5. The largest absolute Gasteiger partial charge is 0.478 e. The molecule has 2 amide bonds. The fourth-order valence-electron chi connectivity index (χ4n) is 2.52. The summed E-state index contributed by atoms with van der Waals surface area (Å²) < 4.78 is 0. The molecule has 2 aromatic rings. The molecule has 0 atom stereocenters. The molecule has 1 aliphatic carbocycles. The van der Waals surface area contributed by atoms with E-state index in [-0.39, 0.29) is 17.4 Å². The van der Waals surface area contributed by atoms with Crippen LogP contribution in [0.3, 0.4) is 0 Å². The third-order valence-electron chi connectivity index (χ3n) is 4.39. The number of carbonyl (C=O) groups excluding carboxylic acids is 2. The van der Waals surface area contributed by atoms with E-state index in [4.69, 9.17) is 5.11 Å². The van der Waals surface area contributed by atoms with Crippen molar-refractivity contribution in [1.29, 1.82) is 0 Å². The van der Waals surface area contributed by atoms with Crippen LogP contribution >= 0.6 is 0 Å². The van der Waals surface area contributed by atoms with Gasteiger partial charge in [-0.1, -0.05) is 6.07 Å². The molecule has 0 aliphatic heterocycles. The van der Waals surface area contributed by atoms with Gasteiger partial charge in [-0.3, -0.25) is 9.59 Å². The van der Waals surface area contributed by atoms with Gasteiger partial charge in [0.05, 0.1) is 5.56 Å². The van der Waals surface area contributed by atoms with Crippen molar-refractivity contribution in [2.45, 2.75) is 19.8 Å². The van der Waals surface area contributed by atoms with E-state index in [0.29, 0.717) is 29.3 Å². The Balaban J connectivity index is 1.71. The molecule has 6 nitrogen and oxygen atoms in total. The van der Waals surface area contributed by atoms with Crippen molar-refractivity contribution in [3.05, 3.63) is 64.7 Å². The molecule has 0 bridgehead atoms. The summed E-state index contributed by atoms with van der Waals surface area (Å²) in [6.45, 7) is 2.53. The highest BCUT2D eigenvalue weighted by Gasteiger charge is 2.22. The van der Waals surface area contributed by atoms with Crippen molar-refractivity contribution >= 4 is 23.5 Å². The summed E-state index contributed by atoms with van der Waals surface area (Å²) in [6, 6.07) is 10.9. The number of nitrogens with one attached hydrogen (secondary N) is 2. The van der Waals surface area contributed by atoms with Crippen molar-refractivity contribution < 1.29 is 19.5 Å². The van der Waals surface area contributed by atoms with Crippen LogP contribution in [0.25, 0.3) is 0 Å². The van der Waals surface area contributed by atoms with Crippen LogP contribution in [0, 0.1) is 12.8 Å². The fourth-order valence-corrected chi connectivity index (χ4v) is 2.52. The van der Waals surface area contributed by atoms with Crippen molar-refractivity contribution in [3.63, 3.8) is 0 Å². The monoisotopic (exact) mass is 352 g/mol. The van der Waals surface area contributed by atoms with Gasteiger partial charge in [0, 0.05) is 23.4 Å². The number of hydrogen-bond donors (Lipinski definition) is 3. The number of amides is 2. The molecule has 1 saturated carbocycles. The molecule has 1 fully saturated rings. The van der Waals surface area contributed by atoms with Gasteiger partial charge in [-0.2, -0.15) is 0 Å². The lowest BCUT2D eigenvalue weighted by Crippen LogP contribution is -2.25. The lowest BCUT2D eigenvalue weighted by molar-refractivity contribution is 0.0696. The number of benzene rings is 2. The second-order valence-corrected chi connectivity index (χ2v) is 6.52. The molecule has 26 heavy (non-hydrogen) atoms.